The molecule has 2 aromatic rings. The maximum Gasteiger partial charge on any atom is 0.496 e. The molecule has 11 heteroatoms. The van der Waals surface area contributed by atoms with Crippen molar-refractivity contribution in [2.75, 3.05) is 43.4 Å². The molecule has 0 unspecified atom stereocenters. The van der Waals surface area contributed by atoms with E-state index in [1.165, 1.54) is 0 Å². The van der Waals surface area contributed by atoms with Crippen LogP contribution in [0.3, 0.4) is 0 Å². The van der Waals surface area contributed by atoms with Crippen molar-refractivity contribution in [1.29, 1.82) is 0 Å². The van der Waals surface area contributed by atoms with Crippen LogP contribution in [0.5, 0.6) is 0 Å². The number of aromatic nitrogens is 2. The Hall–Kier alpha value is -2.30. The van der Waals surface area contributed by atoms with Gasteiger partial charge in [0.15, 0.2) is 0 Å². The Morgan fingerprint density at radius 2 is 1.69 bits per heavy atom. The number of anilines is 2. The first-order valence-corrected chi connectivity index (χ1v) is 12.4. The van der Waals surface area contributed by atoms with Gasteiger partial charge in [-0.25, -0.2) is 9.78 Å². The van der Waals surface area contributed by atoms with Crippen molar-refractivity contribution in [1.82, 2.24) is 14.9 Å². The van der Waals surface area contributed by atoms with Gasteiger partial charge in [0.2, 0.25) is 5.95 Å². The third-order valence-electron chi connectivity index (χ3n) is 6.76. The molecule has 1 amide bonds. The highest BCUT2D eigenvalue weighted by atomic mass is 35.5. The zero-order chi connectivity index (χ0) is 25.8. The minimum atomic E-state index is -0.592. The van der Waals surface area contributed by atoms with Crippen molar-refractivity contribution in [3.63, 3.8) is 0 Å². The quantitative estimate of drug-likeness (QED) is 0.635. The van der Waals surface area contributed by atoms with Crippen LogP contribution < -0.4 is 15.7 Å². The van der Waals surface area contributed by atoms with Gasteiger partial charge in [0.05, 0.1) is 16.7 Å². The number of halogens is 1. The molecule has 1 aromatic heterocycles. The Morgan fingerprint density at radius 1 is 1.09 bits per heavy atom. The number of hydrogen-bond acceptors (Lipinski definition) is 8. The topological polar surface area (TPSA) is 89.1 Å². The first-order chi connectivity index (χ1) is 16.2. The summed E-state index contributed by atoms with van der Waals surface area (Å²) in [5.74, 6) is 1.27. The van der Waals surface area contributed by atoms with Gasteiger partial charge in [-0.1, -0.05) is 11.6 Å². The lowest BCUT2D eigenvalue weighted by Crippen LogP contribution is -2.50. The van der Waals surface area contributed by atoms with Crippen LogP contribution >= 0.6 is 11.6 Å². The van der Waals surface area contributed by atoms with Gasteiger partial charge >= 0.3 is 13.2 Å². The summed E-state index contributed by atoms with van der Waals surface area (Å²) in [4.78, 5) is 25.8. The number of ether oxygens (including phenoxy) is 1. The Labute approximate surface area is 212 Å². The van der Waals surface area contributed by atoms with Gasteiger partial charge in [-0.3, -0.25) is 0 Å². The van der Waals surface area contributed by atoms with E-state index in [-0.39, 0.29) is 6.09 Å². The molecule has 0 radical (unpaired) electrons. The second kappa shape index (κ2) is 8.98. The van der Waals surface area contributed by atoms with Gasteiger partial charge in [-0.2, -0.15) is 4.98 Å². The molecule has 4 rings (SSSR count). The molecule has 2 saturated heterocycles. The molecule has 0 bridgehead atoms. The molecule has 190 valence electrons. The second-order valence-corrected chi connectivity index (χ2v) is 11.5. The summed E-state index contributed by atoms with van der Waals surface area (Å²) >= 11 is 6.76. The molecule has 0 atom stereocenters. The zero-order valence-electron chi connectivity index (χ0n) is 21.9. The van der Waals surface area contributed by atoms with Gasteiger partial charge in [0.1, 0.15) is 11.4 Å². The SMILES string of the molecule is CNc1nc(N2CCN(C(=O)OC(C)(C)C)CC2)c2cc(Cl)c(B3OC(C)(C)C(C)(C)O3)cc2n1. The number of benzene rings is 1. The van der Waals surface area contributed by atoms with E-state index in [1.807, 2.05) is 60.6 Å². The molecule has 9 nitrogen and oxygen atoms in total. The Balaban J connectivity index is 1.63. The van der Waals surface area contributed by atoms with Crippen LogP contribution in [0.25, 0.3) is 10.9 Å². The number of nitrogens with zero attached hydrogens (tertiary/aromatic N) is 4. The minimum Gasteiger partial charge on any atom is -0.444 e. The Bertz CT molecular complexity index is 1110. The highest BCUT2D eigenvalue weighted by molar-refractivity contribution is 6.66. The van der Waals surface area contributed by atoms with Crippen LogP contribution in [0.2, 0.25) is 5.02 Å². The van der Waals surface area contributed by atoms with E-state index < -0.39 is 23.9 Å². The minimum absolute atomic E-state index is 0.296. The van der Waals surface area contributed by atoms with E-state index in [0.29, 0.717) is 37.1 Å². The number of nitrogens with one attached hydrogen (secondary N) is 1. The molecule has 0 spiro atoms. The third-order valence-corrected chi connectivity index (χ3v) is 7.08. The lowest BCUT2D eigenvalue weighted by atomic mass is 9.78. The molecule has 0 aliphatic carbocycles. The van der Waals surface area contributed by atoms with Crippen molar-refractivity contribution < 1.29 is 18.8 Å². The first-order valence-electron chi connectivity index (χ1n) is 12.0. The summed E-state index contributed by atoms with van der Waals surface area (Å²) in [5.41, 5.74) is 0.0000134. The Morgan fingerprint density at radius 3 is 2.23 bits per heavy atom. The van der Waals surface area contributed by atoms with Crippen molar-refractivity contribution in [3.8, 4) is 0 Å². The first kappa shape index (κ1) is 25.8. The third kappa shape index (κ3) is 5.15. The number of hydrogen-bond donors (Lipinski definition) is 1. The predicted octanol–water partition coefficient (Wildman–Crippen LogP) is 3.68. The fourth-order valence-electron chi connectivity index (χ4n) is 4.08. The predicted molar refractivity (Wildman–Crippen MR) is 140 cm³/mol. The smallest absolute Gasteiger partial charge is 0.444 e. The van der Waals surface area contributed by atoms with Gasteiger partial charge in [0, 0.05) is 49.1 Å². The van der Waals surface area contributed by atoms with E-state index in [0.717, 1.165) is 22.2 Å². The maximum absolute atomic E-state index is 12.5. The van der Waals surface area contributed by atoms with E-state index in [2.05, 4.69) is 15.2 Å². The fraction of sp³-hybridized carbons (Fsp3) is 0.625. The summed E-state index contributed by atoms with van der Waals surface area (Å²) in [5, 5.41) is 4.42. The molecule has 1 N–H and O–H groups in total. The number of fused-ring (bicyclic) bond motifs is 1. The van der Waals surface area contributed by atoms with Gasteiger partial charge < -0.3 is 29.2 Å². The van der Waals surface area contributed by atoms with E-state index >= 15 is 0 Å². The van der Waals surface area contributed by atoms with Crippen molar-refractivity contribution in [2.24, 2.45) is 0 Å². The molecule has 1 aromatic carbocycles. The number of amides is 1. The van der Waals surface area contributed by atoms with Gasteiger partial charge in [0.25, 0.3) is 0 Å². The maximum atomic E-state index is 12.5. The molecule has 0 saturated carbocycles. The van der Waals surface area contributed by atoms with Crippen molar-refractivity contribution >= 4 is 52.9 Å². The lowest BCUT2D eigenvalue weighted by Gasteiger charge is -2.36. The highest BCUT2D eigenvalue weighted by Gasteiger charge is 2.52. The lowest BCUT2D eigenvalue weighted by molar-refractivity contribution is 0.00578. The summed E-state index contributed by atoms with van der Waals surface area (Å²) in [6.45, 7) is 16.0. The monoisotopic (exact) mass is 503 g/mol. The number of carbonyl (C=O) groups excluding carboxylic acids is 1. The molecular formula is C24H35BClN5O4. The average Bonchev–Trinajstić information content (AvgIpc) is 2.98. The highest BCUT2D eigenvalue weighted by Crippen LogP contribution is 2.38. The molecule has 2 aliphatic rings. The Kier molecular flexibility index (Phi) is 6.61. The van der Waals surface area contributed by atoms with E-state index in [4.69, 9.17) is 30.6 Å². The summed E-state index contributed by atoms with van der Waals surface area (Å²) < 4.78 is 18.0. The van der Waals surface area contributed by atoms with Crippen LogP contribution in [0.4, 0.5) is 16.6 Å². The van der Waals surface area contributed by atoms with E-state index in [1.54, 1.807) is 11.9 Å². The largest absolute Gasteiger partial charge is 0.496 e. The molecule has 2 fully saturated rings. The summed E-state index contributed by atoms with van der Waals surface area (Å²) in [7, 11) is 1.20. The van der Waals surface area contributed by atoms with Crippen LogP contribution in [0.15, 0.2) is 12.1 Å². The molecule has 35 heavy (non-hydrogen) atoms. The second-order valence-electron chi connectivity index (χ2n) is 11.1. The number of piperazine rings is 1. The van der Waals surface area contributed by atoms with Crippen LogP contribution in [-0.2, 0) is 14.0 Å². The number of rotatable bonds is 3. The van der Waals surface area contributed by atoms with E-state index in [9.17, 15) is 4.79 Å². The normalized spacial score (nSPS) is 19.9. The average molecular weight is 504 g/mol. The molecular weight excluding hydrogens is 469 g/mol. The van der Waals surface area contributed by atoms with Crippen LogP contribution in [0.1, 0.15) is 48.5 Å². The molecule has 3 heterocycles. The zero-order valence-corrected chi connectivity index (χ0v) is 22.6. The summed E-state index contributed by atoms with van der Waals surface area (Å²) in [6, 6.07) is 3.80. The fourth-order valence-corrected chi connectivity index (χ4v) is 4.33. The number of carbonyl (C=O) groups is 1. The van der Waals surface area contributed by atoms with Gasteiger partial charge in [-0.15, -0.1) is 0 Å². The summed E-state index contributed by atoms with van der Waals surface area (Å²) in [6.07, 6.45) is -0.296. The molecule has 2 aliphatic heterocycles. The van der Waals surface area contributed by atoms with Crippen molar-refractivity contribution in [2.45, 2.75) is 65.3 Å². The van der Waals surface area contributed by atoms with Crippen LogP contribution in [-0.4, -0.2) is 78.1 Å². The standard InChI is InChI=1S/C24H35BClN5O4/c1-22(2,3)33-21(32)31-11-9-30(10-12-31)19-15-13-17(26)16(14-18(15)28-20(27-8)29-19)25-34-23(4,5)24(6,7)35-25/h13-14H,9-12H2,1-8H3,(H,27,28,29). The van der Waals surface area contributed by atoms with Crippen molar-refractivity contribution in [3.05, 3.63) is 17.2 Å². The van der Waals surface area contributed by atoms with Crippen LogP contribution in [0, 0.1) is 0 Å². The van der Waals surface area contributed by atoms with Gasteiger partial charge in [-0.05, 0) is 60.6 Å².